The Bertz CT molecular complexity index is 972. The summed E-state index contributed by atoms with van der Waals surface area (Å²) in [7, 11) is 0. The Kier molecular flexibility index (Phi) is 4.93. The topological polar surface area (TPSA) is 49.8 Å². The second kappa shape index (κ2) is 7.18. The van der Waals surface area contributed by atoms with Crippen molar-refractivity contribution < 1.29 is 22.0 Å². The molecule has 1 aromatic heterocycles. The number of alkyl halides is 3. The molecule has 0 aliphatic rings. The summed E-state index contributed by atoms with van der Waals surface area (Å²) >= 11 is 0. The van der Waals surface area contributed by atoms with Gasteiger partial charge >= 0.3 is 6.18 Å². The van der Waals surface area contributed by atoms with Crippen molar-refractivity contribution in [2.45, 2.75) is 13.1 Å². The minimum Gasteiger partial charge on any atom is -0.340 e. The molecule has 0 aliphatic heterocycles. The third-order valence-corrected chi connectivity index (χ3v) is 3.49. The van der Waals surface area contributed by atoms with Gasteiger partial charge in [-0.15, -0.1) is 0 Å². The highest BCUT2D eigenvalue weighted by molar-refractivity contribution is 5.64. The lowest BCUT2D eigenvalue weighted by Crippen LogP contribution is -2.06. The molecule has 4 nitrogen and oxygen atoms in total. The van der Waals surface area contributed by atoms with Crippen molar-refractivity contribution in [3.8, 4) is 0 Å². The van der Waals surface area contributed by atoms with Gasteiger partial charge in [-0.1, -0.05) is 6.07 Å². The van der Waals surface area contributed by atoms with E-state index in [4.69, 9.17) is 0 Å². The summed E-state index contributed by atoms with van der Waals surface area (Å²) in [6.07, 6.45) is -4.47. The number of nitrogens with one attached hydrogen (secondary N) is 2. The quantitative estimate of drug-likeness (QED) is 0.581. The Labute approximate surface area is 151 Å². The molecule has 0 atom stereocenters. The molecular weight excluding hydrogens is 367 g/mol. The van der Waals surface area contributed by atoms with Crippen LogP contribution in [0.3, 0.4) is 0 Å². The first-order chi connectivity index (χ1) is 12.7. The van der Waals surface area contributed by atoms with E-state index in [1.54, 1.807) is 6.92 Å². The second-order valence-corrected chi connectivity index (χ2v) is 5.64. The first kappa shape index (κ1) is 18.6. The van der Waals surface area contributed by atoms with E-state index in [-0.39, 0.29) is 23.0 Å². The van der Waals surface area contributed by atoms with Crippen LogP contribution in [0, 0.1) is 18.6 Å². The van der Waals surface area contributed by atoms with Gasteiger partial charge in [0.05, 0.1) is 11.3 Å². The maximum absolute atomic E-state index is 13.8. The largest absolute Gasteiger partial charge is 0.416 e. The van der Waals surface area contributed by atoms with Crippen LogP contribution < -0.4 is 10.6 Å². The number of aromatic nitrogens is 2. The van der Waals surface area contributed by atoms with E-state index in [2.05, 4.69) is 20.6 Å². The molecule has 3 rings (SSSR count). The maximum Gasteiger partial charge on any atom is 0.416 e. The molecular formula is C18H13F5N4. The Morgan fingerprint density at radius 1 is 0.852 bits per heavy atom. The zero-order valence-corrected chi connectivity index (χ0v) is 13.9. The molecule has 0 radical (unpaired) electrons. The van der Waals surface area contributed by atoms with E-state index in [0.717, 1.165) is 24.3 Å². The Morgan fingerprint density at radius 2 is 1.56 bits per heavy atom. The number of rotatable bonds is 4. The normalized spacial score (nSPS) is 11.3. The van der Waals surface area contributed by atoms with Crippen LogP contribution in [0.15, 0.2) is 48.5 Å². The summed E-state index contributed by atoms with van der Waals surface area (Å²) in [6, 6.07) is 9.05. The molecule has 140 valence electrons. The van der Waals surface area contributed by atoms with Gasteiger partial charge in [0.15, 0.2) is 0 Å². The number of nitrogens with zero attached hydrogens (tertiary/aromatic N) is 2. The molecule has 0 unspecified atom stereocenters. The van der Waals surface area contributed by atoms with E-state index in [9.17, 15) is 22.0 Å². The molecule has 9 heteroatoms. The molecule has 0 aliphatic carbocycles. The van der Waals surface area contributed by atoms with Gasteiger partial charge in [-0.05, 0) is 37.3 Å². The van der Waals surface area contributed by atoms with Gasteiger partial charge in [-0.25, -0.2) is 18.7 Å². The van der Waals surface area contributed by atoms with Gasteiger partial charge in [-0.3, -0.25) is 0 Å². The SMILES string of the molecule is Cc1nc(Nc2cccc(C(F)(F)F)c2)cc(Nc2ccc(F)cc2F)n1. The fraction of sp³-hybridized carbons (Fsp3) is 0.111. The Morgan fingerprint density at radius 3 is 2.22 bits per heavy atom. The minimum absolute atomic E-state index is 0.000446. The number of hydrogen-bond acceptors (Lipinski definition) is 4. The predicted molar refractivity (Wildman–Crippen MR) is 91.1 cm³/mol. The molecule has 2 N–H and O–H groups in total. The molecule has 0 fully saturated rings. The first-order valence-electron chi connectivity index (χ1n) is 7.73. The van der Waals surface area contributed by atoms with E-state index >= 15 is 0 Å². The number of aryl methyl sites for hydroxylation is 1. The zero-order valence-electron chi connectivity index (χ0n) is 13.9. The van der Waals surface area contributed by atoms with Crippen molar-refractivity contribution in [2.24, 2.45) is 0 Å². The van der Waals surface area contributed by atoms with Gasteiger partial charge in [0.1, 0.15) is 29.1 Å². The molecule has 3 aromatic rings. The number of benzene rings is 2. The van der Waals surface area contributed by atoms with E-state index in [0.29, 0.717) is 5.82 Å². The van der Waals surface area contributed by atoms with Crippen molar-refractivity contribution in [2.75, 3.05) is 10.6 Å². The van der Waals surface area contributed by atoms with Gasteiger partial charge < -0.3 is 10.6 Å². The summed E-state index contributed by atoms with van der Waals surface area (Å²) in [5.74, 6) is -0.811. The third kappa shape index (κ3) is 4.69. The van der Waals surface area contributed by atoms with Crippen LogP contribution in [0.25, 0.3) is 0 Å². The molecule has 0 saturated heterocycles. The first-order valence-corrected chi connectivity index (χ1v) is 7.73. The molecule has 0 saturated carbocycles. The van der Waals surface area contributed by atoms with Crippen LogP contribution in [-0.2, 0) is 6.18 Å². The van der Waals surface area contributed by atoms with Crippen molar-refractivity contribution in [3.05, 3.63) is 71.6 Å². The lowest BCUT2D eigenvalue weighted by atomic mass is 10.2. The zero-order chi connectivity index (χ0) is 19.6. The molecule has 27 heavy (non-hydrogen) atoms. The maximum atomic E-state index is 13.8. The van der Waals surface area contributed by atoms with Crippen LogP contribution in [0.5, 0.6) is 0 Å². The van der Waals surface area contributed by atoms with Gasteiger partial charge in [0.2, 0.25) is 0 Å². The van der Waals surface area contributed by atoms with Crippen LogP contribution in [0.2, 0.25) is 0 Å². The summed E-state index contributed by atoms with van der Waals surface area (Å²) in [5, 5.41) is 5.45. The highest BCUT2D eigenvalue weighted by Crippen LogP contribution is 2.31. The molecule has 1 heterocycles. The predicted octanol–water partition coefficient (Wildman–Crippen LogP) is 5.57. The number of halogens is 5. The lowest BCUT2D eigenvalue weighted by Gasteiger charge is -2.12. The van der Waals surface area contributed by atoms with Crippen molar-refractivity contribution in [3.63, 3.8) is 0 Å². The smallest absolute Gasteiger partial charge is 0.340 e. The van der Waals surface area contributed by atoms with Crippen LogP contribution in [0.1, 0.15) is 11.4 Å². The number of hydrogen-bond donors (Lipinski definition) is 2. The standard InChI is InChI=1S/C18H13F5N4/c1-10-24-16(26-13-4-2-3-11(7-13)18(21,22)23)9-17(25-10)27-15-6-5-12(19)8-14(15)20/h2-9H,1H3,(H2,24,25,26,27). The molecule has 0 amide bonds. The Hall–Kier alpha value is -3.23. The lowest BCUT2D eigenvalue weighted by molar-refractivity contribution is -0.137. The number of anilines is 4. The second-order valence-electron chi connectivity index (χ2n) is 5.64. The molecule has 2 aromatic carbocycles. The fourth-order valence-electron chi connectivity index (χ4n) is 2.35. The molecule has 0 spiro atoms. The average Bonchev–Trinajstić information content (AvgIpc) is 2.56. The van der Waals surface area contributed by atoms with Crippen LogP contribution in [0.4, 0.5) is 45.0 Å². The third-order valence-electron chi connectivity index (χ3n) is 3.49. The van der Waals surface area contributed by atoms with E-state index < -0.39 is 23.4 Å². The van der Waals surface area contributed by atoms with Gasteiger partial charge in [0, 0.05) is 17.8 Å². The minimum atomic E-state index is -4.47. The van der Waals surface area contributed by atoms with Crippen LogP contribution in [-0.4, -0.2) is 9.97 Å². The van der Waals surface area contributed by atoms with Crippen molar-refractivity contribution >= 4 is 23.0 Å². The average molecular weight is 380 g/mol. The van der Waals surface area contributed by atoms with Gasteiger partial charge in [-0.2, -0.15) is 13.2 Å². The summed E-state index contributed by atoms with van der Waals surface area (Å²) < 4.78 is 65.2. The van der Waals surface area contributed by atoms with Crippen molar-refractivity contribution in [1.29, 1.82) is 0 Å². The van der Waals surface area contributed by atoms with E-state index in [1.165, 1.54) is 24.3 Å². The highest BCUT2D eigenvalue weighted by atomic mass is 19.4. The highest BCUT2D eigenvalue weighted by Gasteiger charge is 2.30. The summed E-state index contributed by atoms with van der Waals surface area (Å²) in [5.41, 5.74) is -0.619. The summed E-state index contributed by atoms with van der Waals surface area (Å²) in [4.78, 5) is 8.19. The summed E-state index contributed by atoms with van der Waals surface area (Å²) in [6.45, 7) is 1.57. The van der Waals surface area contributed by atoms with Crippen molar-refractivity contribution in [1.82, 2.24) is 9.97 Å². The monoisotopic (exact) mass is 380 g/mol. The van der Waals surface area contributed by atoms with Crippen LogP contribution >= 0.6 is 0 Å². The Balaban J connectivity index is 1.85. The fourth-order valence-corrected chi connectivity index (χ4v) is 2.35. The molecule has 0 bridgehead atoms. The van der Waals surface area contributed by atoms with E-state index in [1.807, 2.05) is 0 Å². The van der Waals surface area contributed by atoms with Gasteiger partial charge in [0.25, 0.3) is 0 Å².